The van der Waals surface area contributed by atoms with Gasteiger partial charge in [0, 0.05) is 51.5 Å². The van der Waals surface area contributed by atoms with Crippen LogP contribution in [0.25, 0.3) is 0 Å². The number of hydrogen-bond acceptors (Lipinski definition) is 3. The molecule has 0 saturated carbocycles. The van der Waals surface area contributed by atoms with Gasteiger partial charge in [0.25, 0.3) is 5.91 Å². The van der Waals surface area contributed by atoms with Crippen molar-refractivity contribution >= 4 is 17.6 Å². The topological polar surface area (TPSA) is 64.7 Å². The van der Waals surface area contributed by atoms with Crippen molar-refractivity contribution < 1.29 is 9.59 Å². The van der Waals surface area contributed by atoms with Crippen LogP contribution in [0.1, 0.15) is 29.3 Å². The average Bonchev–Trinajstić information content (AvgIpc) is 2.72. The van der Waals surface area contributed by atoms with E-state index in [1.165, 1.54) is 10.6 Å². The van der Waals surface area contributed by atoms with Gasteiger partial charge in [0.15, 0.2) is 0 Å². The van der Waals surface area contributed by atoms with Crippen LogP contribution in [-0.2, 0) is 6.54 Å². The smallest absolute Gasteiger partial charge is 0.315 e. The number of rotatable bonds is 9. The first-order chi connectivity index (χ1) is 13.5. The van der Waals surface area contributed by atoms with Crippen molar-refractivity contribution in [3.05, 3.63) is 65.7 Å². The van der Waals surface area contributed by atoms with Crippen LogP contribution >= 0.6 is 0 Å². The molecule has 2 N–H and O–H groups in total. The minimum Gasteiger partial charge on any atom is -0.372 e. The molecule has 0 atom stereocenters. The van der Waals surface area contributed by atoms with Gasteiger partial charge in [-0.05, 0) is 43.2 Å². The summed E-state index contributed by atoms with van der Waals surface area (Å²) in [5, 5.41) is 5.74. The van der Waals surface area contributed by atoms with E-state index in [9.17, 15) is 9.59 Å². The van der Waals surface area contributed by atoms with Crippen molar-refractivity contribution in [1.29, 1.82) is 0 Å². The maximum Gasteiger partial charge on any atom is 0.315 e. The van der Waals surface area contributed by atoms with Crippen molar-refractivity contribution in [3.63, 3.8) is 0 Å². The third-order valence-corrected chi connectivity index (χ3v) is 4.45. The molecule has 2 aromatic carbocycles. The number of amides is 3. The summed E-state index contributed by atoms with van der Waals surface area (Å²) in [7, 11) is 3.45. The Balaban J connectivity index is 1.68. The van der Waals surface area contributed by atoms with E-state index < -0.39 is 0 Å². The second-order valence-corrected chi connectivity index (χ2v) is 6.77. The van der Waals surface area contributed by atoms with Crippen LogP contribution in [0.5, 0.6) is 0 Å². The Labute approximate surface area is 167 Å². The number of urea groups is 1. The van der Waals surface area contributed by atoms with Crippen LogP contribution in [0.15, 0.2) is 54.6 Å². The van der Waals surface area contributed by atoms with E-state index in [4.69, 9.17) is 0 Å². The molecule has 6 nitrogen and oxygen atoms in total. The molecule has 0 heterocycles. The van der Waals surface area contributed by atoms with Gasteiger partial charge in [-0.15, -0.1) is 0 Å². The molecule has 0 aliphatic heterocycles. The van der Waals surface area contributed by atoms with Gasteiger partial charge in [0.05, 0.1) is 0 Å². The predicted octanol–water partition coefficient (Wildman–Crippen LogP) is 3.10. The Morgan fingerprint density at radius 1 is 0.929 bits per heavy atom. The fourth-order valence-corrected chi connectivity index (χ4v) is 2.85. The molecule has 150 valence electrons. The van der Waals surface area contributed by atoms with E-state index in [1.807, 2.05) is 30.3 Å². The molecule has 2 rings (SSSR count). The maximum absolute atomic E-state index is 12.0. The Kier molecular flexibility index (Phi) is 8.34. The Bertz CT molecular complexity index is 745. The van der Waals surface area contributed by atoms with E-state index in [2.05, 4.69) is 34.6 Å². The lowest BCUT2D eigenvalue weighted by Crippen LogP contribution is -2.37. The van der Waals surface area contributed by atoms with Crippen LogP contribution in [0, 0.1) is 0 Å². The number of carbonyl (C=O) groups is 2. The quantitative estimate of drug-likeness (QED) is 0.655. The molecule has 0 radical (unpaired) electrons. The van der Waals surface area contributed by atoms with Crippen molar-refractivity contribution in [2.45, 2.75) is 19.9 Å². The SMILES string of the molecule is CCN(CCCNC(=O)NCc1ccc(C(=O)N(C)C)cc1)c1ccccc1. The summed E-state index contributed by atoms with van der Waals surface area (Å²) in [5.74, 6) is -0.0334. The summed E-state index contributed by atoms with van der Waals surface area (Å²) < 4.78 is 0. The maximum atomic E-state index is 12.0. The van der Waals surface area contributed by atoms with E-state index >= 15 is 0 Å². The Morgan fingerprint density at radius 2 is 1.61 bits per heavy atom. The molecule has 0 saturated heterocycles. The molecule has 2 aromatic rings. The summed E-state index contributed by atoms with van der Waals surface area (Å²) >= 11 is 0. The van der Waals surface area contributed by atoms with Crippen molar-refractivity contribution in [2.75, 3.05) is 38.6 Å². The van der Waals surface area contributed by atoms with E-state index in [0.29, 0.717) is 18.7 Å². The molecular weight excluding hydrogens is 352 g/mol. The lowest BCUT2D eigenvalue weighted by Gasteiger charge is -2.23. The van der Waals surface area contributed by atoms with E-state index in [-0.39, 0.29) is 11.9 Å². The highest BCUT2D eigenvalue weighted by Gasteiger charge is 2.08. The lowest BCUT2D eigenvalue weighted by molar-refractivity contribution is 0.0827. The van der Waals surface area contributed by atoms with Gasteiger partial charge in [-0.3, -0.25) is 4.79 Å². The molecule has 0 spiro atoms. The first-order valence-electron chi connectivity index (χ1n) is 9.63. The normalized spacial score (nSPS) is 10.2. The zero-order valence-electron chi connectivity index (χ0n) is 16.9. The van der Waals surface area contributed by atoms with Gasteiger partial charge in [0.1, 0.15) is 0 Å². The number of benzene rings is 2. The Hall–Kier alpha value is -3.02. The number of anilines is 1. The number of nitrogens with zero attached hydrogens (tertiary/aromatic N) is 2. The number of nitrogens with one attached hydrogen (secondary N) is 2. The molecule has 6 heteroatoms. The Morgan fingerprint density at radius 3 is 2.21 bits per heavy atom. The van der Waals surface area contributed by atoms with Gasteiger partial charge in [0.2, 0.25) is 0 Å². The molecule has 0 unspecified atom stereocenters. The van der Waals surface area contributed by atoms with Crippen LogP contribution < -0.4 is 15.5 Å². The summed E-state index contributed by atoms with van der Waals surface area (Å²) in [6.45, 7) is 4.99. The van der Waals surface area contributed by atoms with Crippen LogP contribution in [-0.4, -0.2) is 50.6 Å². The second-order valence-electron chi connectivity index (χ2n) is 6.77. The van der Waals surface area contributed by atoms with Gasteiger partial charge in [-0.25, -0.2) is 4.79 Å². The van der Waals surface area contributed by atoms with Crippen LogP contribution in [0.4, 0.5) is 10.5 Å². The number of hydrogen-bond donors (Lipinski definition) is 2. The first-order valence-corrected chi connectivity index (χ1v) is 9.63. The standard InChI is InChI=1S/C22H30N4O2/c1-4-26(20-9-6-5-7-10-20)16-8-15-23-22(28)24-17-18-11-13-19(14-12-18)21(27)25(2)3/h5-7,9-14H,4,8,15-17H2,1-3H3,(H2,23,24,28). The third-order valence-electron chi connectivity index (χ3n) is 4.45. The lowest BCUT2D eigenvalue weighted by atomic mass is 10.1. The van der Waals surface area contributed by atoms with Gasteiger partial charge >= 0.3 is 6.03 Å². The molecule has 0 aromatic heterocycles. The fourth-order valence-electron chi connectivity index (χ4n) is 2.85. The molecule has 0 fully saturated rings. The molecule has 0 aliphatic carbocycles. The average molecular weight is 383 g/mol. The molecule has 28 heavy (non-hydrogen) atoms. The first kappa shape index (κ1) is 21.3. The number of para-hydroxylation sites is 1. The van der Waals surface area contributed by atoms with E-state index in [0.717, 1.165) is 25.1 Å². The van der Waals surface area contributed by atoms with Gasteiger partial charge < -0.3 is 20.4 Å². The van der Waals surface area contributed by atoms with Crippen molar-refractivity contribution in [1.82, 2.24) is 15.5 Å². The molecular formula is C22H30N4O2. The van der Waals surface area contributed by atoms with Crippen molar-refractivity contribution in [2.24, 2.45) is 0 Å². The van der Waals surface area contributed by atoms with Crippen LogP contribution in [0.3, 0.4) is 0 Å². The third kappa shape index (κ3) is 6.61. The molecule has 0 aliphatic rings. The minimum atomic E-state index is -0.184. The minimum absolute atomic E-state index is 0.0334. The van der Waals surface area contributed by atoms with Crippen LogP contribution in [0.2, 0.25) is 0 Å². The molecule has 3 amide bonds. The summed E-state index contributed by atoms with van der Waals surface area (Å²) in [6.07, 6.45) is 0.873. The highest BCUT2D eigenvalue weighted by atomic mass is 16.2. The monoisotopic (exact) mass is 382 g/mol. The van der Waals surface area contributed by atoms with Gasteiger partial charge in [-0.1, -0.05) is 30.3 Å². The zero-order chi connectivity index (χ0) is 20.4. The van der Waals surface area contributed by atoms with E-state index in [1.54, 1.807) is 26.2 Å². The largest absolute Gasteiger partial charge is 0.372 e. The summed E-state index contributed by atoms with van der Waals surface area (Å²) in [4.78, 5) is 27.7. The highest BCUT2D eigenvalue weighted by molar-refractivity contribution is 5.93. The summed E-state index contributed by atoms with van der Waals surface area (Å²) in [6, 6.07) is 17.4. The second kappa shape index (κ2) is 11.0. The molecule has 0 bridgehead atoms. The predicted molar refractivity (Wildman–Crippen MR) is 114 cm³/mol. The van der Waals surface area contributed by atoms with Crippen molar-refractivity contribution in [3.8, 4) is 0 Å². The number of carbonyl (C=O) groups excluding carboxylic acids is 2. The fraction of sp³-hybridized carbons (Fsp3) is 0.364. The van der Waals surface area contributed by atoms with Gasteiger partial charge in [-0.2, -0.15) is 0 Å². The zero-order valence-corrected chi connectivity index (χ0v) is 16.9. The summed E-state index contributed by atoms with van der Waals surface area (Å²) in [5.41, 5.74) is 2.79. The highest BCUT2D eigenvalue weighted by Crippen LogP contribution is 2.12.